The first kappa shape index (κ1) is 21.6. The normalized spacial score (nSPS) is 15.3. The van der Waals surface area contributed by atoms with E-state index >= 15 is 0 Å². The zero-order chi connectivity index (χ0) is 22.1. The smallest absolute Gasteiger partial charge is 0.332 e. The molecule has 1 aromatic carbocycles. The highest BCUT2D eigenvalue weighted by Crippen LogP contribution is 2.19. The van der Waals surface area contributed by atoms with Crippen molar-refractivity contribution in [3.05, 3.63) is 56.5 Å². The molecule has 0 radical (unpaired) electrons. The minimum atomic E-state index is -0.310. The predicted molar refractivity (Wildman–Crippen MR) is 124 cm³/mol. The molecule has 0 N–H and O–H groups in total. The summed E-state index contributed by atoms with van der Waals surface area (Å²) < 4.78 is 4.69. The number of benzene rings is 1. The van der Waals surface area contributed by atoms with E-state index < -0.39 is 0 Å². The highest BCUT2D eigenvalue weighted by molar-refractivity contribution is 6.30. The van der Waals surface area contributed by atoms with E-state index in [1.165, 1.54) is 17.3 Å². The third kappa shape index (κ3) is 4.41. The first-order valence-corrected chi connectivity index (χ1v) is 11.1. The number of piperazine rings is 1. The Morgan fingerprint density at radius 3 is 2.35 bits per heavy atom. The average molecular weight is 445 g/mol. The van der Waals surface area contributed by atoms with Crippen molar-refractivity contribution in [2.24, 2.45) is 13.0 Å². The first-order chi connectivity index (χ1) is 14.8. The molecule has 9 heteroatoms. The second-order valence-corrected chi connectivity index (χ2v) is 9.00. The van der Waals surface area contributed by atoms with Crippen molar-refractivity contribution in [3.8, 4) is 0 Å². The van der Waals surface area contributed by atoms with Gasteiger partial charge < -0.3 is 9.47 Å². The van der Waals surface area contributed by atoms with Crippen LogP contribution in [0.3, 0.4) is 0 Å². The summed E-state index contributed by atoms with van der Waals surface area (Å²) in [5, 5.41) is 0.750. The zero-order valence-corrected chi connectivity index (χ0v) is 19.0. The molecule has 0 amide bonds. The number of fused-ring (bicyclic) bond motifs is 1. The monoisotopic (exact) mass is 444 g/mol. The number of hydrogen-bond donors (Lipinski definition) is 0. The van der Waals surface area contributed by atoms with Crippen LogP contribution >= 0.6 is 11.6 Å². The van der Waals surface area contributed by atoms with E-state index in [9.17, 15) is 9.59 Å². The van der Waals surface area contributed by atoms with E-state index in [-0.39, 0.29) is 17.2 Å². The number of aromatic nitrogens is 4. The molecular weight excluding hydrogens is 416 g/mol. The lowest BCUT2D eigenvalue weighted by Gasteiger charge is -2.36. The molecule has 2 aromatic heterocycles. The van der Waals surface area contributed by atoms with Gasteiger partial charge in [0.05, 0.1) is 6.33 Å². The number of nitrogens with zero attached hydrogens (tertiary/aromatic N) is 6. The van der Waals surface area contributed by atoms with Crippen LogP contribution in [-0.4, -0.2) is 56.3 Å². The molecule has 3 heterocycles. The molecule has 0 saturated carbocycles. The van der Waals surface area contributed by atoms with Gasteiger partial charge in [-0.3, -0.25) is 18.8 Å². The quantitative estimate of drug-likeness (QED) is 0.582. The van der Waals surface area contributed by atoms with E-state index in [0.29, 0.717) is 24.3 Å². The molecule has 0 unspecified atom stereocenters. The molecule has 166 valence electrons. The van der Waals surface area contributed by atoms with E-state index in [0.717, 1.165) is 37.7 Å². The van der Waals surface area contributed by atoms with Crippen molar-refractivity contribution in [1.82, 2.24) is 23.6 Å². The Hall–Kier alpha value is -2.58. The van der Waals surface area contributed by atoms with Gasteiger partial charge in [-0.15, -0.1) is 0 Å². The maximum atomic E-state index is 12.8. The molecule has 1 aliphatic heterocycles. The Labute approximate surface area is 186 Å². The summed E-state index contributed by atoms with van der Waals surface area (Å²) in [5.41, 5.74) is 1.58. The third-order valence-electron chi connectivity index (χ3n) is 5.87. The van der Waals surface area contributed by atoms with Crippen LogP contribution in [0.2, 0.25) is 5.02 Å². The zero-order valence-electron chi connectivity index (χ0n) is 18.3. The molecule has 0 bridgehead atoms. The summed E-state index contributed by atoms with van der Waals surface area (Å²) in [4.78, 5) is 34.6. The average Bonchev–Trinajstić information content (AvgIpc) is 3.18. The fourth-order valence-corrected chi connectivity index (χ4v) is 4.26. The van der Waals surface area contributed by atoms with E-state index in [2.05, 4.69) is 26.9 Å². The summed E-state index contributed by atoms with van der Waals surface area (Å²) in [7, 11) is 1.54. The Morgan fingerprint density at radius 2 is 1.71 bits per heavy atom. The predicted octanol–water partition coefficient (Wildman–Crippen LogP) is 2.03. The molecular formula is C22H29ClN6O2. The van der Waals surface area contributed by atoms with E-state index in [1.807, 2.05) is 30.5 Å². The van der Waals surface area contributed by atoms with Crippen LogP contribution in [0.5, 0.6) is 0 Å². The number of halogens is 1. The minimum absolute atomic E-state index is 0.278. The topological polar surface area (TPSA) is 68.3 Å². The lowest BCUT2D eigenvalue weighted by atomic mass is 10.2. The summed E-state index contributed by atoms with van der Waals surface area (Å²) in [6.07, 6.45) is 1.69. The first-order valence-electron chi connectivity index (χ1n) is 10.7. The number of rotatable bonds is 6. The number of imidazole rings is 1. The number of anilines is 1. The van der Waals surface area contributed by atoms with Crippen LogP contribution in [0, 0.1) is 5.92 Å². The fraction of sp³-hybridized carbons (Fsp3) is 0.500. The van der Waals surface area contributed by atoms with Crippen LogP contribution < -0.4 is 16.1 Å². The summed E-state index contributed by atoms with van der Waals surface area (Å²) in [5.74, 6) is 0.278. The van der Waals surface area contributed by atoms with Crippen LogP contribution in [-0.2, 0) is 20.1 Å². The molecule has 0 spiro atoms. The number of hydrogen-bond acceptors (Lipinski definition) is 5. The second-order valence-electron chi connectivity index (χ2n) is 8.57. The van der Waals surface area contributed by atoms with Gasteiger partial charge in [0.2, 0.25) is 0 Å². The minimum Gasteiger partial charge on any atom is -0.369 e. The van der Waals surface area contributed by atoms with Gasteiger partial charge in [-0.05, 0) is 30.2 Å². The van der Waals surface area contributed by atoms with Crippen LogP contribution in [0.25, 0.3) is 11.2 Å². The summed E-state index contributed by atoms with van der Waals surface area (Å²) in [6, 6.07) is 7.96. The van der Waals surface area contributed by atoms with Crippen molar-refractivity contribution < 1.29 is 0 Å². The van der Waals surface area contributed by atoms with Gasteiger partial charge in [-0.1, -0.05) is 25.4 Å². The van der Waals surface area contributed by atoms with E-state index in [1.54, 1.807) is 10.9 Å². The molecule has 31 heavy (non-hydrogen) atoms. The third-order valence-corrected chi connectivity index (χ3v) is 6.12. The van der Waals surface area contributed by atoms with Crippen LogP contribution in [0.15, 0.2) is 40.2 Å². The lowest BCUT2D eigenvalue weighted by molar-refractivity contribution is 0.249. The van der Waals surface area contributed by atoms with Gasteiger partial charge in [-0.2, -0.15) is 0 Å². The van der Waals surface area contributed by atoms with Crippen molar-refractivity contribution >= 4 is 28.5 Å². The molecule has 1 saturated heterocycles. The van der Waals surface area contributed by atoms with Crippen molar-refractivity contribution in [1.29, 1.82) is 0 Å². The molecule has 0 aliphatic carbocycles. The van der Waals surface area contributed by atoms with Crippen molar-refractivity contribution in [3.63, 3.8) is 0 Å². The SMILES string of the molecule is CC(C)Cn1c(=O)n(C)c(=O)c2c1ncn2CCN1CCN(c2ccc(Cl)cc2)CC1. The van der Waals surface area contributed by atoms with Gasteiger partial charge in [-0.25, -0.2) is 9.78 Å². The Bertz CT molecular complexity index is 1170. The highest BCUT2D eigenvalue weighted by atomic mass is 35.5. The maximum Gasteiger partial charge on any atom is 0.332 e. The van der Waals surface area contributed by atoms with E-state index in [4.69, 9.17) is 11.6 Å². The molecule has 3 aromatic rings. The largest absolute Gasteiger partial charge is 0.369 e. The van der Waals surface area contributed by atoms with Crippen LogP contribution in [0.1, 0.15) is 13.8 Å². The van der Waals surface area contributed by atoms with Gasteiger partial charge in [0.15, 0.2) is 11.2 Å². The fourth-order valence-electron chi connectivity index (χ4n) is 4.14. The van der Waals surface area contributed by atoms with Crippen LogP contribution in [0.4, 0.5) is 5.69 Å². The Morgan fingerprint density at radius 1 is 1.03 bits per heavy atom. The molecule has 8 nitrogen and oxygen atoms in total. The summed E-state index contributed by atoms with van der Waals surface area (Å²) >= 11 is 5.99. The molecule has 0 atom stereocenters. The Kier molecular flexibility index (Phi) is 6.20. The van der Waals surface area contributed by atoms with Crippen molar-refractivity contribution in [2.45, 2.75) is 26.9 Å². The van der Waals surface area contributed by atoms with Gasteiger partial charge in [0, 0.05) is 63.6 Å². The molecule has 4 rings (SSSR count). The standard InChI is InChI=1S/C22H29ClN6O2/c1-16(2)14-29-20-19(21(30)25(3)22(29)31)28(15-24-20)13-10-26-8-11-27(12-9-26)18-6-4-17(23)5-7-18/h4-7,15-16H,8-14H2,1-3H3. The second kappa shape index (κ2) is 8.88. The molecule has 1 aliphatic rings. The van der Waals surface area contributed by atoms with Crippen molar-refractivity contribution in [2.75, 3.05) is 37.6 Å². The molecule has 1 fully saturated rings. The van der Waals surface area contributed by atoms with Gasteiger partial charge in [0.1, 0.15) is 0 Å². The van der Waals surface area contributed by atoms with Gasteiger partial charge >= 0.3 is 5.69 Å². The Balaban J connectivity index is 1.46. The van der Waals surface area contributed by atoms with Gasteiger partial charge in [0.25, 0.3) is 5.56 Å². The summed E-state index contributed by atoms with van der Waals surface area (Å²) in [6.45, 7) is 9.90. The maximum absolute atomic E-state index is 12.8. The lowest BCUT2D eigenvalue weighted by Crippen LogP contribution is -2.47. The highest BCUT2D eigenvalue weighted by Gasteiger charge is 2.20.